The first-order chi connectivity index (χ1) is 15.2. The highest BCUT2D eigenvalue weighted by atomic mass is 16.4. The van der Waals surface area contributed by atoms with Gasteiger partial charge < -0.3 is 20.4 Å². The Hall–Kier alpha value is -4.27. The first-order valence-electron chi connectivity index (χ1n) is 9.86. The van der Waals surface area contributed by atoms with E-state index in [9.17, 15) is 4.79 Å². The van der Waals surface area contributed by atoms with E-state index in [1.165, 1.54) is 6.39 Å². The standard InChI is InChI=1S/C22H19N7O2/c30-19-9-6-15-10-16(7-8-18(15)27-19)26-22-24-12-17(21-29-25-13-31-21)20(28-22)23-11-14-4-2-1-3-5-14/h1-5,7-8,10,12-13H,6,9,11H2,(H,27,30)(H2,23,24,26,28). The summed E-state index contributed by atoms with van der Waals surface area (Å²) in [5.41, 5.74) is 4.50. The summed E-state index contributed by atoms with van der Waals surface area (Å²) in [6.45, 7) is 0.580. The number of aryl methyl sites for hydroxylation is 1. The molecule has 154 valence electrons. The Labute approximate surface area is 178 Å². The molecular weight excluding hydrogens is 394 g/mol. The van der Waals surface area contributed by atoms with Gasteiger partial charge in [0.25, 0.3) is 5.89 Å². The fourth-order valence-electron chi connectivity index (χ4n) is 3.40. The van der Waals surface area contributed by atoms with E-state index in [0.29, 0.717) is 42.6 Å². The fourth-order valence-corrected chi connectivity index (χ4v) is 3.40. The van der Waals surface area contributed by atoms with Crippen molar-refractivity contribution in [3.8, 4) is 11.5 Å². The summed E-state index contributed by atoms with van der Waals surface area (Å²) in [6, 6.07) is 15.8. The largest absolute Gasteiger partial charge is 0.423 e. The zero-order valence-corrected chi connectivity index (χ0v) is 16.5. The molecule has 1 aliphatic heterocycles. The number of nitrogens with zero attached hydrogens (tertiary/aromatic N) is 4. The van der Waals surface area contributed by atoms with Crippen molar-refractivity contribution in [2.24, 2.45) is 0 Å². The van der Waals surface area contributed by atoms with Gasteiger partial charge >= 0.3 is 0 Å². The SMILES string of the molecule is O=C1CCc2cc(Nc3ncc(-c4nnco4)c(NCc4ccccc4)n3)ccc2N1. The third-order valence-electron chi connectivity index (χ3n) is 4.94. The summed E-state index contributed by atoms with van der Waals surface area (Å²) >= 11 is 0. The molecular formula is C22H19N7O2. The molecule has 1 amide bonds. The van der Waals surface area contributed by atoms with Gasteiger partial charge in [0.2, 0.25) is 18.2 Å². The molecule has 0 spiro atoms. The average Bonchev–Trinajstić information content (AvgIpc) is 3.33. The minimum atomic E-state index is 0.0438. The van der Waals surface area contributed by atoms with E-state index < -0.39 is 0 Å². The van der Waals surface area contributed by atoms with E-state index in [2.05, 4.69) is 36.1 Å². The number of carbonyl (C=O) groups excluding carboxylic acids is 1. The molecule has 0 radical (unpaired) electrons. The molecule has 1 aliphatic rings. The monoisotopic (exact) mass is 413 g/mol. The number of benzene rings is 2. The second-order valence-corrected chi connectivity index (χ2v) is 7.08. The molecule has 0 aliphatic carbocycles. The lowest BCUT2D eigenvalue weighted by Gasteiger charge is -2.18. The van der Waals surface area contributed by atoms with Crippen LogP contribution in [0.5, 0.6) is 0 Å². The number of rotatable bonds is 6. The first kappa shape index (κ1) is 18.7. The zero-order valence-electron chi connectivity index (χ0n) is 16.5. The van der Waals surface area contributed by atoms with Crippen molar-refractivity contribution in [3.63, 3.8) is 0 Å². The highest BCUT2D eigenvalue weighted by molar-refractivity contribution is 5.94. The lowest BCUT2D eigenvalue weighted by Crippen LogP contribution is -2.18. The van der Waals surface area contributed by atoms with Crippen LogP contribution in [0, 0.1) is 0 Å². The fraction of sp³-hybridized carbons (Fsp3) is 0.136. The number of amides is 1. The molecule has 0 bridgehead atoms. The van der Waals surface area contributed by atoms with Crippen molar-refractivity contribution in [1.29, 1.82) is 0 Å². The minimum absolute atomic E-state index is 0.0438. The van der Waals surface area contributed by atoms with Crippen LogP contribution in [-0.4, -0.2) is 26.1 Å². The molecule has 0 fully saturated rings. The molecule has 3 N–H and O–H groups in total. The van der Waals surface area contributed by atoms with Crippen LogP contribution in [-0.2, 0) is 17.8 Å². The Balaban J connectivity index is 1.41. The molecule has 0 saturated carbocycles. The Morgan fingerprint density at radius 1 is 1.10 bits per heavy atom. The Bertz CT molecular complexity index is 1210. The molecule has 2 aromatic heterocycles. The molecule has 0 atom stereocenters. The number of aromatic nitrogens is 4. The highest BCUT2D eigenvalue weighted by Gasteiger charge is 2.16. The van der Waals surface area contributed by atoms with Gasteiger partial charge in [-0.15, -0.1) is 10.2 Å². The molecule has 9 heteroatoms. The lowest BCUT2D eigenvalue weighted by molar-refractivity contribution is -0.116. The van der Waals surface area contributed by atoms with Crippen molar-refractivity contribution in [3.05, 3.63) is 72.2 Å². The maximum Gasteiger partial charge on any atom is 0.252 e. The molecule has 0 saturated heterocycles. The van der Waals surface area contributed by atoms with Crippen molar-refractivity contribution in [2.75, 3.05) is 16.0 Å². The molecule has 3 heterocycles. The van der Waals surface area contributed by atoms with Crippen LogP contribution < -0.4 is 16.0 Å². The van der Waals surface area contributed by atoms with E-state index in [4.69, 9.17) is 4.42 Å². The second kappa shape index (κ2) is 8.23. The van der Waals surface area contributed by atoms with Crippen LogP contribution in [0.2, 0.25) is 0 Å². The van der Waals surface area contributed by atoms with Crippen LogP contribution in [0.3, 0.4) is 0 Å². The van der Waals surface area contributed by atoms with Gasteiger partial charge in [-0.05, 0) is 35.7 Å². The summed E-state index contributed by atoms with van der Waals surface area (Å²) in [4.78, 5) is 20.6. The van der Waals surface area contributed by atoms with Crippen LogP contribution in [0.25, 0.3) is 11.5 Å². The first-order valence-corrected chi connectivity index (χ1v) is 9.86. The molecule has 5 rings (SSSR count). The van der Waals surface area contributed by atoms with Crippen LogP contribution in [0.4, 0.5) is 23.1 Å². The summed E-state index contributed by atoms with van der Waals surface area (Å²) in [5.74, 6) is 1.39. The lowest BCUT2D eigenvalue weighted by atomic mass is 10.0. The normalized spacial score (nSPS) is 12.7. The highest BCUT2D eigenvalue weighted by Crippen LogP contribution is 2.29. The van der Waals surface area contributed by atoms with E-state index in [1.54, 1.807) is 6.20 Å². The van der Waals surface area contributed by atoms with Crippen LogP contribution in [0.1, 0.15) is 17.5 Å². The predicted molar refractivity (Wildman–Crippen MR) is 116 cm³/mol. The van der Waals surface area contributed by atoms with Crippen molar-refractivity contribution >= 4 is 29.0 Å². The number of hydrogen-bond acceptors (Lipinski definition) is 8. The van der Waals surface area contributed by atoms with Gasteiger partial charge in [-0.2, -0.15) is 4.98 Å². The van der Waals surface area contributed by atoms with Gasteiger partial charge in [-0.3, -0.25) is 4.79 Å². The van der Waals surface area contributed by atoms with Gasteiger partial charge in [-0.1, -0.05) is 30.3 Å². The Kier molecular flexibility index (Phi) is 4.97. The second-order valence-electron chi connectivity index (χ2n) is 7.08. The maximum atomic E-state index is 11.6. The summed E-state index contributed by atoms with van der Waals surface area (Å²) in [7, 11) is 0. The zero-order chi connectivity index (χ0) is 21.0. The third kappa shape index (κ3) is 4.20. The molecule has 31 heavy (non-hydrogen) atoms. The van der Waals surface area contributed by atoms with E-state index >= 15 is 0 Å². The predicted octanol–water partition coefficient (Wildman–Crippen LogP) is 3.77. The third-order valence-corrected chi connectivity index (χ3v) is 4.94. The number of fused-ring (bicyclic) bond motifs is 1. The number of nitrogens with one attached hydrogen (secondary N) is 3. The van der Waals surface area contributed by atoms with Crippen LogP contribution >= 0.6 is 0 Å². The van der Waals surface area contributed by atoms with Gasteiger partial charge in [-0.25, -0.2) is 4.98 Å². The Morgan fingerprint density at radius 3 is 2.84 bits per heavy atom. The van der Waals surface area contributed by atoms with Crippen LogP contribution in [0.15, 0.2) is 65.5 Å². The number of carbonyl (C=O) groups is 1. The summed E-state index contributed by atoms with van der Waals surface area (Å²) in [6.07, 6.45) is 4.11. The molecule has 2 aromatic carbocycles. The molecule has 9 nitrogen and oxygen atoms in total. The Morgan fingerprint density at radius 2 is 2.00 bits per heavy atom. The van der Waals surface area contributed by atoms with E-state index in [1.807, 2.05) is 48.5 Å². The maximum absolute atomic E-state index is 11.6. The van der Waals surface area contributed by atoms with Gasteiger partial charge in [0.1, 0.15) is 5.82 Å². The minimum Gasteiger partial charge on any atom is -0.423 e. The van der Waals surface area contributed by atoms with Gasteiger partial charge in [0, 0.05) is 30.5 Å². The molecule has 0 unspecified atom stereocenters. The molecule has 4 aromatic rings. The summed E-state index contributed by atoms with van der Waals surface area (Å²) < 4.78 is 5.34. The topological polar surface area (TPSA) is 118 Å². The smallest absolute Gasteiger partial charge is 0.252 e. The quantitative estimate of drug-likeness (QED) is 0.437. The number of hydrogen-bond donors (Lipinski definition) is 3. The van der Waals surface area contributed by atoms with Crippen molar-refractivity contribution in [2.45, 2.75) is 19.4 Å². The van der Waals surface area contributed by atoms with Crippen molar-refractivity contribution < 1.29 is 9.21 Å². The summed E-state index contributed by atoms with van der Waals surface area (Å²) in [5, 5.41) is 17.2. The average molecular weight is 413 g/mol. The van der Waals surface area contributed by atoms with Gasteiger partial charge in [0.15, 0.2) is 0 Å². The van der Waals surface area contributed by atoms with Gasteiger partial charge in [0.05, 0.1) is 5.56 Å². The van der Waals surface area contributed by atoms with E-state index in [0.717, 1.165) is 22.5 Å². The van der Waals surface area contributed by atoms with Crippen molar-refractivity contribution in [1.82, 2.24) is 20.2 Å². The van der Waals surface area contributed by atoms with E-state index in [-0.39, 0.29) is 5.91 Å². The number of anilines is 4.